The van der Waals surface area contributed by atoms with Gasteiger partial charge in [0.1, 0.15) is 0 Å². The van der Waals surface area contributed by atoms with Crippen LogP contribution in [0.2, 0.25) is 0 Å². The number of carbonyl (C=O) groups excluding carboxylic acids is 2. The van der Waals surface area contributed by atoms with Crippen LogP contribution >= 0.6 is 12.4 Å². The molecule has 1 unspecified atom stereocenters. The number of carbonyl (C=O) groups is 2. The van der Waals surface area contributed by atoms with Gasteiger partial charge < -0.3 is 15.5 Å². The zero-order valence-corrected chi connectivity index (χ0v) is 12.2. The molecule has 1 rings (SSSR count). The van der Waals surface area contributed by atoms with Crippen LogP contribution in [-0.2, 0) is 9.59 Å². The van der Waals surface area contributed by atoms with Gasteiger partial charge in [-0.2, -0.15) is 0 Å². The largest absolute Gasteiger partial charge is 0.355 e. The average molecular weight is 278 g/mol. The van der Waals surface area contributed by atoms with E-state index in [2.05, 4.69) is 10.6 Å². The first-order valence-electron chi connectivity index (χ1n) is 6.30. The second-order valence-electron chi connectivity index (χ2n) is 4.76. The fraction of sp³-hybridized carbons (Fsp3) is 0.833. The highest BCUT2D eigenvalue weighted by molar-refractivity contribution is 5.88. The molecule has 0 aromatic rings. The first-order valence-corrected chi connectivity index (χ1v) is 6.30. The standard InChI is InChI=1S/C12H23N3O2.ClH/c1-4-14-10(16)8-15(5-2)11(17)12(3)6-7-13-9-12;/h13H,4-9H2,1-3H3,(H,14,16);1H. The third-order valence-corrected chi connectivity index (χ3v) is 3.26. The molecule has 0 spiro atoms. The van der Waals surface area contributed by atoms with Gasteiger partial charge in [0.2, 0.25) is 11.8 Å². The summed E-state index contributed by atoms with van der Waals surface area (Å²) in [6.45, 7) is 8.67. The molecule has 2 amide bonds. The van der Waals surface area contributed by atoms with Gasteiger partial charge in [0.05, 0.1) is 12.0 Å². The van der Waals surface area contributed by atoms with Crippen molar-refractivity contribution in [2.24, 2.45) is 5.41 Å². The van der Waals surface area contributed by atoms with Crippen LogP contribution in [0, 0.1) is 5.41 Å². The van der Waals surface area contributed by atoms with Crippen LogP contribution < -0.4 is 10.6 Å². The summed E-state index contributed by atoms with van der Waals surface area (Å²) < 4.78 is 0. The van der Waals surface area contributed by atoms with Crippen molar-refractivity contribution < 1.29 is 9.59 Å². The first kappa shape index (κ1) is 17.2. The van der Waals surface area contributed by atoms with Crippen molar-refractivity contribution in [2.75, 3.05) is 32.7 Å². The molecule has 1 heterocycles. The molecular weight excluding hydrogens is 254 g/mol. The summed E-state index contributed by atoms with van der Waals surface area (Å²) in [7, 11) is 0. The summed E-state index contributed by atoms with van der Waals surface area (Å²) in [6, 6.07) is 0. The zero-order valence-electron chi connectivity index (χ0n) is 11.4. The van der Waals surface area contributed by atoms with Crippen molar-refractivity contribution in [1.29, 1.82) is 0 Å². The number of nitrogens with one attached hydrogen (secondary N) is 2. The smallest absolute Gasteiger partial charge is 0.239 e. The van der Waals surface area contributed by atoms with E-state index < -0.39 is 0 Å². The Morgan fingerprint density at radius 1 is 1.39 bits per heavy atom. The highest BCUT2D eigenvalue weighted by atomic mass is 35.5. The van der Waals surface area contributed by atoms with Crippen LogP contribution in [-0.4, -0.2) is 49.4 Å². The van der Waals surface area contributed by atoms with Gasteiger partial charge in [-0.3, -0.25) is 9.59 Å². The molecule has 2 N–H and O–H groups in total. The van der Waals surface area contributed by atoms with Crippen LogP contribution in [0.3, 0.4) is 0 Å². The zero-order chi connectivity index (χ0) is 12.9. The Kier molecular flexibility index (Phi) is 7.25. The molecule has 0 radical (unpaired) electrons. The van der Waals surface area contributed by atoms with Gasteiger partial charge in [-0.1, -0.05) is 0 Å². The number of likely N-dealkylation sites (N-methyl/N-ethyl adjacent to an activating group) is 2. The summed E-state index contributed by atoms with van der Waals surface area (Å²) in [5.41, 5.74) is -0.345. The fourth-order valence-corrected chi connectivity index (χ4v) is 2.13. The number of amides is 2. The van der Waals surface area contributed by atoms with E-state index in [0.717, 1.165) is 13.0 Å². The first-order chi connectivity index (χ1) is 8.03. The van der Waals surface area contributed by atoms with Crippen molar-refractivity contribution >= 4 is 24.2 Å². The normalized spacial score (nSPS) is 22.2. The second kappa shape index (κ2) is 7.59. The van der Waals surface area contributed by atoms with Gasteiger partial charge in [0.15, 0.2) is 0 Å². The summed E-state index contributed by atoms with van der Waals surface area (Å²) in [5, 5.41) is 5.92. The van der Waals surface area contributed by atoms with E-state index in [1.54, 1.807) is 4.90 Å². The maximum absolute atomic E-state index is 12.3. The lowest BCUT2D eigenvalue weighted by Gasteiger charge is -2.30. The Hall–Kier alpha value is -0.810. The van der Waals surface area contributed by atoms with E-state index in [9.17, 15) is 9.59 Å². The number of hydrogen-bond acceptors (Lipinski definition) is 3. The van der Waals surface area contributed by atoms with E-state index in [-0.39, 0.29) is 36.2 Å². The molecule has 5 nitrogen and oxygen atoms in total. The van der Waals surface area contributed by atoms with E-state index in [1.165, 1.54) is 0 Å². The maximum Gasteiger partial charge on any atom is 0.239 e. The summed E-state index contributed by atoms with van der Waals surface area (Å²) in [6.07, 6.45) is 0.845. The van der Waals surface area contributed by atoms with E-state index in [1.807, 2.05) is 20.8 Å². The number of rotatable bonds is 5. The third kappa shape index (κ3) is 4.14. The predicted molar refractivity (Wildman–Crippen MR) is 73.8 cm³/mol. The molecule has 0 aliphatic carbocycles. The SMILES string of the molecule is CCNC(=O)CN(CC)C(=O)C1(C)CCNC1.Cl. The van der Waals surface area contributed by atoms with Crippen LogP contribution in [0.25, 0.3) is 0 Å². The van der Waals surface area contributed by atoms with Crippen molar-refractivity contribution in [3.05, 3.63) is 0 Å². The molecule has 1 fully saturated rings. The fourth-order valence-electron chi connectivity index (χ4n) is 2.13. The Morgan fingerprint density at radius 2 is 2.06 bits per heavy atom. The predicted octanol–water partition coefficient (Wildman–Crippen LogP) is 0.392. The Labute approximate surface area is 115 Å². The van der Waals surface area contributed by atoms with E-state index in [0.29, 0.717) is 19.6 Å². The quantitative estimate of drug-likeness (QED) is 0.764. The minimum atomic E-state index is -0.345. The highest BCUT2D eigenvalue weighted by Crippen LogP contribution is 2.26. The number of halogens is 1. The maximum atomic E-state index is 12.3. The molecule has 106 valence electrons. The summed E-state index contributed by atoms with van der Waals surface area (Å²) in [5.74, 6) is -0.00601. The molecule has 18 heavy (non-hydrogen) atoms. The molecule has 1 aliphatic rings. The lowest BCUT2D eigenvalue weighted by atomic mass is 9.88. The van der Waals surface area contributed by atoms with Crippen molar-refractivity contribution in [3.8, 4) is 0 Å². The third-order valence-electron chi connectivity index (χ3n) is 3.26. The van der Waals surface area contributed by atoms with Gasteiger partial charge in [-0.25, -0.2) is 0 Å². The molecule has 1 aliphatic heterocycles. The topological polar surface area (TPSA) is 61.4 Å². The number of nitrogens with zero attached hydrogens (tertiary/aromatic N) is 1. The van der Waals surface area contributed by atoms with Crippen LogP contribution in [0.1, 0.15) is 27.2 Å². The van der Waals surface area contributed by atoms with Gasteiger partial charge >= 0.3 is 0 Å². The highest BCUT2D eigenvalue weighted by Gasteiger charge is 2.39. The van der Waals surface area contributed by atoms with Gasteiger partial charge in [-0.05, 0) is 33.7 Å². The summed E-state index contributed by atoms with van der Waals surface area (Å²) >= 11 is 0. The molecule has 1 saturated heterocycles. The molecule has 6 heteroatoms. The van der Waals surface area contributed by atoms with Crippen molar-refractivity contribution in [2.45, 2.75) is 27.2 Å². The van der Waals surface area contributed by atoms with Crippen molar-refractivity contribution in [1.82, 2.24) is 15.5 Å². The Bertz CT molecular complexity index is 291. The molecule has 0 saturated carbocycles. The molecule has 0 aromatic heterocycles. The van der Waals surface area contributed by atoms with Gasteiger partial charge in [0.25, 0.3) is 0 Å². The van der Waals surface area contributed by atoms with Gasteiger partial charge in [-0.15, -0.1) is 12.4 Å². The molecule has 0 aromatic carbocycles. The molecule has 0 bridgehead atoms. The Morgan fingerprint density at radius 3 is 2.50 bits per heavy atom. The molecular formula is C12H24ClN3O2. The average Bonchev–Trinajstić information content (AvgIpc) is 2.74. The lowest BCUT2D eigenvalue weighted by molar-refractivity contribution is -0.143. The second-order valence-corrected chi connectivity index (χ2v) is 4.76. The van der Waals surface area contributed by atoms with Crippen molar-refractivity contribution in [3.63, 3.8) is 0 Å². The van der Waals surface area contributed by atoms with E-state index in [4.69, 9.17) is 0 Å². The minimum Gasteiger partial charge on any atom is -0.355 e. The minimum absolute atomic E-state index is 0. The van der Waals surface area contributed by atoms with Crippen LogP contribution in [0.5, 0.6) is 0 Å². The van der Waals surface area contributed by atoms with Crippen LogP contribution in [0.15, 0.2) is 0 Å². The monoisotopic (exact) mass is 277 g/mol. The molecule has 1 atom stereocenters. The lowest BCUT2D eigenvalue weighted by Crippen LogP contribution is -2.47. The Balaban J connectivity index is 0.00000289. The van der Waals surface area contributed by atoms with Crippen LogP contribution in [0.4, 0.5) is 0 Å². The summed E-state index contributed by atoms with van der Waals surface area (Å²) in [4.78, 5) is 25.5. The van der Waals surface area contributed by atoms with Gasteiger partial charge in [0, 0.05) is 19.6 Å². The number of hydrogen-bond donors (Lipinski definition) is 2. The van der Waals surface area contributed by atoms with E-state index >= 15 is 0 Å².